The van der Waals surface area contributed by atoms with Crippen LogP contribution in [0.4, 0.5) is 0 Å². The van der Waals surface area contributed by atoms with Gasteiger partial charge in [-0.2, -0.15) is 0 Å². The molecular formula is C17H25NO3. The Morgan fingerprint density at radius 2 is 1.90 bits per heavy atom. The summed E-state index contributed by atoms with van der Waals surface area (Å²) in [5.41, 5.74) is 0.489. The van der Waals surface area contributed by atoms with E-state index >= 15 is 0 Å². The molecule has 2 rings (SSSR count). The van der Waals surface area contributed by atoms with E-state index < -0.39 is 5.41 Å². The second-order valence-corrected chi connectivity index (χ2v) is 6.33. The van der Waals surface area contributed by atoms with Crippen molar-refractivity contribution < 1.29 is 14.3 Å². The number of carbonyl (C=O) groups excluding carboxylic acids is 1. The second kappa shape index (κ2) is 6.48. The van der Waals surface area contributed by atoms with Gasteiger partial charge >= 0.3 is 0 Å². The number of rotatable bonds is 6. The van der Waals surface area contributed by atoms with Gasteiger partial charge in [0.05, 0.1) is 19.8 Å². The fourth-order valence-corrected chi connectivity index (χ4v) is 2.43. The average molecular weight is 291 g/mol. The van der Waals surface area contributed by atoms with Crippen molar-refractivity contribution in [1.29, 1.82) is 0 Å². The molecule has 1 aliphatic heterocycles. The van der Waals surface area contributed by atoms with Crippen LogP contribution in [0, 0.1) is 5.92 Å². The van der Waals surface area contributed by atoms with E-state index in [1.54, 1.807) is 19.0 Å². The summed E-state index contributed by atoms with van der Waals surface area (Å²) in [5, 5.41) is 0. The van der Waals surface area contributed by atoms with E-state index in [1.165, 1.54) is 0 Å². The summed E-state index contributed by atoms with van der Waals surface area (Å²) in [6.45, 7) is 6.00. The molecule has 0 aliphatic carbocycles. The molecule has 0 atom stereocenters. The van der Waals surface area contributed by atoms with Crippen LogP contribution in [-0.2, 0) is 14.9 Å². The molecule has 0 radical (unpaired) electrons. The third-order valence-electron chi connectivity index (χ3n) is 3.88. The van der Waals surface area contributed by atoms with Crippen molar-refractivity contribution in [3.63, 3.8) is 0 Å². The van der Waals surface area contributed by atoms with E-state index in [-0.39, 0.29) is 5.91 Å². The minimum absolute atomic E-state index is 0.0993. The first-order valence-corrected chi connectivity index (χ1v) is 7.48. The molecule has 1 saturated heterocycles. The Bertz CT molecular complexity index is 475. The van der Waals surface area contributed by atoms with Crippen molar-refractivity contribution >= 4 is 5.91 Å². The number of hydrogen-bond donors (Lipinski definition) is 0. The van der Waals surface area contributed by atoms with Crippen LogP contribution >= 0.6 is 0 Å². The van der Waals surface area contributed by atoms with Gasteiger partial charge in [0.2, 0.25) is 5.91 Å². The molecule has 1 aliphatic rings. The number of ether oxygens (including phenoxy) is 2. The van der Waals surface area contributed by atoms with E-state index in [9.17, 15) is 4.79 Å². The van der Waals surface area contributed by atoms with E-state index in [0.717, 1.165) is 24.3 Å². The summed E-state index contributed by atoms with van der Waals surface area (Å²) in [6, 6.07) is 7.85. The Morgan fingerprint density at radius 1 is 1.29 bits per heavy atom. The maximum absolute atomic E-state index is 12.4. The van der Waals surface area contributed by atoms with Crippen LogP contribution in [0.15, 0.2) is 24.3 Å². The summed E-state index contributed by atoms with van der Waals surface area (Å²) in [6.07, 6.45) is 1.04. The molecule has 0 N–H and O–H groups in total. The molecule has 1 amide bonds. The van der Waals surface area contributed by atoms with Gasteiger partial charge in [0.1, 0.15) is 11.2 Å². The molecule has 1 fully saturated rings. The van der Waals surface area contributed by atoms with Gasteiger partial charge in [0, 0.05) is 14.1 Å². The highest BCUT2D eigenvalue weighted by molar-refractivity contribution is 5.89. The van der Waals surface area contributed by atoms with Gasteiger partial charge in [-0.25, -0.2) is 0 Å². The molecule has 0 bridgehead atoms. The minimum Gasteiger partial charge on any atom is -0.494 e. The smallest absolute Gasteiger partial charge is 0.237 e. The van der Waals surface area contributed by atoms with Gasteiger partial charge in [-0.1, -0.05) is 26.0 Å². The zero-order valence-electron chi connectivity index (χ0n) is 13.4. The molecule has 0 aromatic heterocycles. The lowest BCUT2D eigenvalue weighted by Crippen LogP contribution is -2.57. The summed E-state index contributed by atoms with van der Waals surface area (Å²) in [5.74, 6) is 1.59. The Labute approximate surface area is 127 Å². The summed E-state index contributed by atoms with van der Waals surface area (Å²) in [4.78, 5) is 14.0. The highest BCUT2D eigenvalue weighted by Crippen LogP contribution is 2.34. The maximum atomic E-state index is 12.4. The minimum atomic E-state index is -0.514. The van der Waals surface area contributed by atoms with Crippen LogP contribution in [0.2, 0.25) is 0 Å². The largest absolute Gasteiger partial charge is 0.494 e. The molecule has 0 saturated carbocycles. The van der Waals surface area contributed by atoms with Crippen LogP contribution in [0.1, 0.15) is 25.8 Å². The topological polar surface area (TPSA) is 38.8 Å². The zero-order chi connectivity index (χ0) is 15.5. The lowest BCUT2D eigenvalue weighted by molar-refractivity contribution is -0.153. The normalized spacial score (nSPS) is 16.4. The monoisotopic (exact) mass is 291 g/mol. The fourth-order valence-electron chi connectivity index (χ4n) is 2.43. The van der Waals surface area contributed by atoms with Crippen molar-refractivity contribution in [2.75, 3.05) is 33.9 Å². The van der Waals surface area contributed by atoms with Crippen LogP contribution in [0.5, 0.6) is 5.75 Å². The van der Waals surface area contributed by atoms with Crippen molar-refractivity contribution in [1.82, 2.24) is 4.90 Å². The SMILES string of the molecule is CC(C)CCOc1ccc(C2(C(=O)N(C)C)COC2)cc1. The van der Waals surface area contributed by atoms with Gasteiger partial charge in [0.25, 0.3) is 0 Å². The second-order valence-electron chi connectivity index (χ2n) is 6.33. The van der Waals surface area contributed by atoms with E-state index in [0.29, 0.717) is 19.1 Å². The predicted octanol–water partition coefficient (Wildman–Crippen LogP) is 2.47. The first-order chi connectivity index (χ1) is 9.95. The molecule has 0 spiro atoms. The molecular weight excluding hydrogens is 266 g/mol. The number of likely N-dealkylation sites (N-methyl/N-ethyl adjacent to an activating group) is 1. The first kappa shape index (κ1) is 15.8. The highest BCUT2D eigenvalue weighted by Gasteiger charge is 2.48. The van der Waals surface area contributed by atoms with Crippen LogP contribution in [0.3, 0.4) is 0 Å². The van der Waals surface area contributed by atoms with Gasteiger partial charge in [-0.3, -0.25) is 4.79 Å². The number of nitrogens with zero attached hydrogens (tertiary/aromatic N) is 1. The van der Waals surface area contributed by atoms with Crippen molar-refractivity contribution in [3.8, 4) is 5.75 Å². The van der Waals surface area contributed by atoms with E-state index in [4.69, 9.17) is 9.47 Å². The van der Waals surface area contributed by atoms with Gasteiger partial charge in [0.15, 0.2) is 0 Å². The zero-order valence-corrected chi connectivity index (χ0v) is 13.4. The Kier molecular flexibility index (Phi) is 4.88. The lowest BCUT2D eigenvalue weighted by atomic mass is 9.77. The summed E-state index contributed by atoms with van der Waals surface area (Å²) < 4.78 is 11.0. The molecule has 4 nitrogen and oxygen atoms in total. The first-order valence-electron chi connectivity index (χ1n) is 7.48. The van der Waals surface area contributed by atoms with Crippen LogP contribution in [0.25, 0.3) is 0 Å². The lowest BCUT2D eigenvalue weighted by Gasteiger charge is -2.41. The number of carbonyl (C=O) groups is 1. The van der Waals surface area contributed by atoms with Crippen molar-refractivity contribution in [2.24, 2.45) is 5.92 Å². The molecule has 1 aromatic carbocycles. The van der Waals surface area contributed by atoms with Gasteiger partial charge in [-0.15, -0.1) is 0 Å². The quantitative estimate of drug-likeness (QED) is 0.808. The van der Waals surface area contributed by atoms with Crippen LogP contribution < -0.4 is 4.74 Å². The maximum Gasteiger partial charge on any atom is 0.237 e. The predicted molar refractivity (Wildman–Crippen MR) is 82.6 cm³/mol. The number of hydrogen-bond acceptors (Lipinski definition) is 3. The molecule has 1 aromatic rings. The molecule has 0 unspecified atom stereocenters. The van der Waals surface area contributed by atoms with Gasteiger partial charge in [-0.05, 0) is 30.0 Å². The Hall–Kier alpha value is -1.55. The van der Waals surface area contributed by atoms with E-state index in [2.05, 4.69) is 13.8 Å². The Balaban J connectivity index is 2.05. The van der Waals surface area contributed by atoms with Crippen LogP contribution in [-0.4, -0.2) is 44.7 Å². The highest BCUT2D eigenvalue weighted by atomic mass is 16.5. The molecule has 116 valence electrons. The summed E-state index contributed by atoms with van der Waals surface area (Å²) >= 11 is 0. The van der Waals surface area contributed by atoms with Crippen molar-refractivity contribution in [3.05, 3.63) is 29.8 Å². The molecule has 4 heteroatoms. The van der Waals surface area contributed by atoms with Crippen molar-refractivity contribution in [2.45, 2.75) is 25.7 Å². The summed E-state index contributed by atoms with van der Waals surface area (Å²) in [7, 11) is 3.57. The molecule has 21 heavy (non-hydrogen) atoms. The standard InChI is InChI=1S/C17H25NO3/c1-13(2)9-10-21-15-7-5-14(6-8-15)17(11-20-12-17)16(19)18(3)4/h5-8,13H,9-12H2,1-4H3. The average Bonchev–Trinajstić information content (AvgIpc) is 2.38. The number of benzene rings is 1. The number of amides is 1. The fraction of sp³-hybridized carbons (Fsp3) is 0.588. The van der Waals surface area contributed by atoms with E-state index in [1.807, 2.05) is 24.3 Å². The third kappa shape index (κ3) is 3.38. The molecule has 1 heterocycles. The Morgan fingerprint density at radius 3 is 2.33 bits per heavy atom. The third-order valence-corrected chi connectivity index (χ3v) is 3.88. The van der Waals surface area contributed by atoms with Gasteiger partial charge < -0.3 is 14.4 Å².